The van der Waals surface area contributed by atoms with Crippen LogP contribution in [0, 0.1) is 0 Å². The van der Waals surface area contributed by atoms with Gasteiger partial charge in [-0.05, 0) is 47.5 Å². The molecule has 0 unspecified atom stereocenters. The third-order valence-corrected chi connectivity index (χ3v) is 7.20. The van der Waals surface area contributed by atoms with Gasteiger partial charge < -0.3 is 10.4 Å². The van der Waals surface area contributed by atoms with Crippen molar-refractivity contribution in [2.45, 2.75) is 6.04 Å². The van der Waals surface area contributed by atoms with E-state index < -0.39 is 16.1 Å². The number of nitrogens with one attached hydrogen (secondary N) is 2. The summed E-state index contributed by atoms with van der Waals surface area (Å²) in [7, 11) is -3.69. The minimum atomic E-state index is -3.69. The monoisotopic (exact) mass is 511 g/mol. The van der Waals surface area contributed by atoms with E-state index in [4.69, 9.17) is 23.2 Å². The lowest BCUT2D eigenvalue weighted by molar-refractivity contribution is 0.351. The molecule has 6 nitrogen and oxygen atoms in total. The maximum absolute atomic E-state index is 13.4. The Labute approximate surface area is 206 Å². The number of pyridine rings is 1. The van der Waals surface area contributed by atoms with E-state index >= 15 is 0 Å². The molecule has 2 heterocycles. The van der Waals surface area contributed by atoms with Gasteiger partial charge in [-0.3, -0.25) is 4.79 Å². The topological polar surface area (TPSA) is 82.3 Å². The molecule has 0 fully saturated rings. The number of rotatable bonds is 4. The molecule has 0 aliphatic carbocycles. The summed E-state index contributed by atoms with van der Waals surface area (Å²) in [6.07, 6.45) is 2.85. The summed E-state index contributed by atoms with van der Waals surface area (Å²) in [4.78, 5) is 16.3. The number of hydrogen-bond acceptors (Lipinski definition) is 4. The van der Waals surface area contributed by atoms with Crippen LogP contribution in [0.1, 0.15) is 17.2 Å². The van der Waals surface area contributed by atoms with Crippen LogP contribution in [-0.2, 0) is 10.0 Å². The zero-order chi connectivity index (χ0) is 24.0. The number of sulfonamides is 1. The Kier molecular flexibility index (Phi) is 5.73. The lowest BCUT2D eigenvalue weighted by atomic mass is 9.94. The molecule has 1 aromatic heterocycles. The normalized spacial score (nSPS) is 16.4. The van der Waals surface area contributed by atoms with E-state index in [0.29, 0.717) is 37.9 Å². The average molecular weight is 512 g/mol. The van der Waals surface area contributed by atoms with Crippen LogP contribution in [0.15, 0.2) is 83.7 Å². The molecule has 5 rings (SSSR count). The summed E-state index contributed by atoms with van der Waals surface area (Å²) >= 11 is 12.3. The molecule has 2 N–H and O–H groups in total. The van der Waals surface area contributed by atoms with Gasteiger partial charge in [0.05, 0.1) is 23.6 Å². The summed E-state index contributed by atoms with van der Waals surface area (Å²) in [5, 5.41) is 1.81. The van der Waals surface area contributed by atoms with Gasteiger partial charge in [-0.15, -0.1) is 4.41 Å². The van der Waals surface area contributed by atoms with E-state index in [9.17, 15) is 13.2 Å². The second-order valence-electron chi connectivity index (χ2n) is 8.01. The quantitative estimate of drug-likeness (QED) is 0.386. The SMILES string of the molecule is CS(=O)(=O)N1NC(c2c(-c3ccccc3)c3cc(Cl)ccc3[nH]c2=O)=C[C@H]1c1ccc(Cl)cc1. The summed E-state index contributed by atoms with van der Waals surface area (Å²) in [5.41, 5.74) is 6.12. The Morgan fingerprint density at radius 1 is 0.882 bits per heavy atom. The maximum Gasteiger partial charge on any atom is 0.258 e. The Hall–Kier alpha value is -3.10. The second kappa shape index (κ2) is 8.60. The summed E-state index contributed by atoms with van der Waals surface area (Å²) in [5.74, 6) is 0. The highest BCUT2D eigenvalue weighted by molar-refractivity contribution is 7.88. The Balaban J connectivity index is 1.79. The van der Waals surface area contributed by atoms with E-state index in [1.165, 1.54) is 0 Å². The molecule has 0 saturated carbocycles. The molecule has 1 atom stereocenters. The van der Waals surface area contributed by atoms with Crippen LogP contribution in [0.5, 0.6) is 0 Å². The number of hydrogen-bond donors (Lipinski definition) is 2. The molecule has 34 heavy (non-hydrogen) atoms. The molecular weight excluding hydrogens is 493 g/mol. The lowest BCUT2D eigenvalue weighted by Gasteiger charge is -2.23. The number of hydrazine groups is 1. The standard InChI is InChI=1S/C25H19Cl2N3O3S/c1-34(32,33)30-22(15-7-9-17(26)10-8-15)14-21(29-30)24-23(16-5-3-2-4-6-16)19-13-18(27)11-12-20(19)28-25(24)31/h2-14,22,29H,1H3,(H,28,31)/t22-/m0/s1. The van der Waals surface area contributed by atoms with Gasteiger partial charge in [-0.2, -0.15) is 0 Å². The van der Waals surface area contributed by atoms with Crippen molar-refractivity contribution < 1.29 is 8.42 Å². The molecule has 9 heteroatoms. The molecule has 1 aliphatic rings. The first-order valence-corrected chi connectivity index (χ1v) is 13.0. The predicted octanol–water partition coefficient (Wildman–Crippen LogP) is 5.36. The molecule has 0 amide bonds. The van der Waals surface area contributed by atoms with Gasteiger partial charge in [-0.1, -0.05) is 65.7 Å². The van der Waals surface area contributed by atoms with Gasteiger partial charge in [0.2, 0.25) is 10.0 Å². The van der Waals surface area contributed by atoms with Crippen LogP contribution in [0.25, 0.3) is 27.7 Å². The van der Waals surface area contributed by atoms with Crippen LogP contribution < -0.4 is 11.0 Å². The third-order valence-electron chi connectivity index (χ3n) is 5.68. The minimum Gasteiger partial charge on any atom is -0.321 e. The van der Waals surface area contributed by atoms with E-state index in [-0.39, 0.29) is 5.56 Å². The third kappa shape index (κ3) is 4.12. The number of nitrogens with zero attached hydrogens (tertiary/aromatic N) is 1. The van der Waals surface area contributed by atoms with Crippen LogP contribution in [0.3, 0.4) is 0 Å². The van der Waals surface area contributed by atoms with Gasteiger partial charge in [0.25, 0.3) is 5.56 Å². The predicted molar refractivity (Wildman–Crippen MR) is 137 cm³/mol. The van der Waals surface area contributed by atoms with Gasteiger partial charge in [0.15, 0.2) is 0 Å². The van der Waals surface area contributed by atoms with Crippen molar-refractivity contribution in [3.63, 3.8) is 0 Å². The summed E-state index contributed by atoms with van der Waals surface area (Å²) in [6, 6.07) is 21.0. The first-order chi connectivity index (χ1) is 16.2. The molecule has 1 aliphatic heterocycles. The van der Waals surface area contributed by atoms with Gasteiger partial charge in [-0.25, -0.2) is 8.42 Å². The van der Waals surface area contributed by atoms with Crippen molar-refractivity contribution >= 4 is 49.8 Å². The highest BCUT2D eigenvalue weighted by atomic mass is 35.5. The minimum absolute atomic E-state index is 0.325. The fraction of sp³-hybridized carbons (Fsp3) is 0.0800. The molecule has 3 aromatic carbocycles. The highest BCUT2D eigenvalue weighted by Crippen LogP contribution is 2.38. The Bertz CT molecular complexity index is 1600. The molecule has 0 spiro atoms. The zero-order valence-corrected chi connectivity index (χ0v) is 20.2. The first kappa shape index (κ1) is 22.7. The largest absolute Gasteiger partial charge is 0.321 e. The Morgan fingerprint density at radius 3 is 2.24 bits per heavy atom. The van der Waals surface area contributed by atoms with Crippen molar-refractivity contribution in [3.8, 4) is 11.1 Å². The van der Waals surface area contributed by atoms with Gasteiger partial charge in [0.1, 0.15) is 0 Å². The van der Waals surface area contributed by atoms with Crippen molar-refractivity contribution in [2.24, 2.45) is 0 Å². The van der Waals surface area contributed by atoms with Crippen LogP contribution >= 0.6 is 23.2 Å². The molecule has 0 saturated heterocycles. The molecule has 0 bridgehead atoms. The lowest BCUT2D eigenvalue weighted by Crippen LogP contribution is -2.39. The number of aromatic amines is 1. The smallest absolute Gasteiger partial charge is 0.258 e. The molecule has 172 valence electrons. The van der Waals surface area contributed by atoms with E-state index in [0.717, 1.165) is 21.6 Å². The second-order valence-corrected chi connectivity index (χ2v) is 10.7. The van der Waals surface area contributed by atoms with Crippen LogP contribution in [-0.4, -0.2) is 24.1 Å². The fourth-order valence-corrected chi connectivity index (χ4v) is 5.36. The number of halogens is 2. The number of H-pyrrole nitrogens is 1. The van der Waals surface area contributed by atoms with Crippen LogP contribution in [0.4, 0.5) is 0 Å². The number of benzene rings is 3. The molecule has 4 aromatic rings. The Morgan fingerprint density at radius 2 is 1.56 bits per heavy atom. The van der Waals surface area contributed by atoms with Gasteiger partial charge in [0, 0.05) is 26.5 Å². The molecular formula is C25H19Cl2N3O3S. The van der Waals surface area contributed by atoms with E-state index in [2.05, 4.69) is 10.4 Å². The number of aromatic nitrogens is 1. The first-order valence-electron chi connectivity index (χ1n) is 10.4. The van der Waals surface area contributed by atoms with Crippen molar-refractivity contribution in [1.82, 2.24) is 14.8 Å². The highest BCUT2D eigenvalue weighted by Gasteiger charge is 2.35. The fourth-order valence-electron chi connectivity index (χ4n) is 4.20. The van der Waals surface area contributed by atoms with Gasteiger partial charge >= 0.3 is 0 Å². The summed E-state index contributed by atoms with van der Waals surface area (Å²) in [6.45, 7) is 0. The average Bonchev–Trinajstić information content (AvgIpc) is 3.25. The van der Waals surface area contributed by atoms with Crippen molar-refractivity contribution in [1.29, 1.82) is 0 Å². The number of fused-ring (bicyclic) bond motifs is 1. The van der Waals surface area contributed by atoms with Crippen LogP contribution in [0.2, 0.25) is 10.0 Å². The van der Waals surface area contributed by atoms with Crippen molar-refractivity contribution in [2.75, 3.05) is 6.26 Å². The zero-order valence-electron chi connectivity index (χ0n) is 17.9. The maximum atomic E-state index is 13.4. The van der Waals surface area contributed by atoms with E-state index in [1.807, 2.05) is 30.3 Å². The summed E-state index contributed by atoms with van der Waals surface area (Å²) < 4.78 is 26.5. The molecule has 0 radical (unpaired) electrons. The van der Waals surface area contributed by atoms with E-state index in [1.54, 1.807) is 48.5 Å². The van der Waals surface area contributed by atoms with Crippen molar-refractivity contribution in [3.05, 3.63) is 110 Å².